The molecule has 1 saturated carbocycles. The Morgan fingerprint density at radius 3 is 2.52 bits per heavy atom. The first-order chi connectivity index (χ1) is 10.1. The van der Waals surface area contributed by atoms with Crippen molar-refractivity contribution in [1.82, 2.24) is 15.1 Å². The van der Waals surface area contributed by atoms with Gasteiger partial charge in [0.25, 0.3) is 0 Å². The van der Waals surface area contributed by atoms with E-state index >= 15 is 0 Å². The van der Waals surface area contributed by atoms with Crippen LogP contribution >= 0.6 is 0 Å². The number of nitrogens with zero attached hydrogens (tertiary/aromatic N) is 2. The van der Waals surface area contributed by atoms with Crippen molar-refractivity contribution < 1.29 is 5.11 Å². The van der Waals surface area contributed by atoms with Crippen molar-refractivity contribution in [1.29, 1.82) is 0 Å². The van der Waals surface area contributed by atoms with E-state index in [1.807, 2.05) is 0 Å². The molecule has 124 valence electrons. The van der Waals surface area contributed by atoms with Gasteiger partial charge in [0.1, 0.15) is 0 Å². The van der Waals surface area contributed by atoms with E-state index in [2.05, 4.69) is 35.9 Å². The van der Waals surface area contributed by atoms with Gasteiger partial charge in [0.05, 0.1) is 6.61 Å². The van der Waals surface area contributed by atoms with Crippen LogP contribution in [0.25, 0.3) is 0 Å². The molecule has 1 saturated heterocycles. The highest BCUT2D eigenvalue weighted by molar-refractivity contribution is 4.97. The molecule has 4 heteroatoms. The zero-order valence-corrected chi connectivity index (χ0v) is 14.3. The van der Waals surface area contributed by atoms with Crippen molar-refractivity contribution in [2.75, 3.05) is 39.3 Å². The predicted molar refractivity (Wildman–Crippen MR) is 88.6 cm³/mol. The van der Waals surface area contributed by atoms with Gasteiger partial charge in [-0.05, 0) is 45.6 Å². The number of aliphatic hydroxyl groups excluding tert-OH is 1. The lowest BCUT2D eigenvalue weighted by Crippen LogP contribution is -2.59. The van der Waals surface area contributed by atoms with Gasteiger partial charge in [-0.2, -0.15) is 0 Å². The summed E-state index contributed by atoms with van der Waals surface area (Å²) in [7, 11) is 0. The van der Waals surface area contributed by atoms with E-state index in [4.69, 9.17) is 0 Å². The van der Waals surface area contributed by atoms with E-state index in [1.54, 1.807) is 0 Å². The van der Waals surface area contributed by atoms with Crippen molar-refractivity contribution >= 4 is 0 Å². The molecule has 2 rings (SSSR count). The molecule has 1 aliphatic carbocycles. The molecule has 0 aromatic rings. The summed E-state index contributed by atoms with van der Waals surface area (Å²) in [6.07, 6.45) is 6.03. The van der Waals surface area contributed by atoms with Gasteiger partial charge < -0.3 is 10.4 Å². The number of rotatable bonds is 6. The van der Waals surface area contributed by atoms with Crippen molar-refractivity contribution in [2.45, 2.75) is 70.5 Å². The largest absolute Gasteiger partial charge is 0.394 e. The number of likely N-dealkylation sites (N-methyl/N-ethyl adjacent to an activating group) is 1. The third-order valence-electron chi connectivity index (χ3n) is 5.75. The summed E-state index contributed by atoms with van der Waals surface area (Å²) < 4.78 is 0. The van der Waals surface area contributed by atoms with Gasteiger partial charge in [0.15, 0.2) is 0 Å². The zero-order valence-electron chi connectivity index (χ0n) is 14.3. The van der Waals surface area contributed by atoms with Gasteiger partial charge in [-0.15, -0.1) is 0 Å². The molecule has 4 nitrogen and oxygen atoms in total. The quantitative estimate of drug-likeness (QED) is 0.782. The molecule has 2 N–H and O–H groups in total. The first kappa shape index (κ1) is 17.2. The summed E-state index contributed by atoms with van der Waals surface area (Å²) in [5.41, 5.74) is -0.0223. The van der Waals surface area contributed by atoms with Gasteiger partial charge in [-0.3, -0.25) is 9.80 Å². The Kier molecular flexibility index (Phi) is 6.48. The van der Waals surface area contributed by atoms with E-state index in [0.29, 0.717) is 6.04 Å². The van der Waals surface area contributed by atoms with Crippen molar-refractivity contribution in [3.63, 3.8) is 0 Å². The standard InChI is InChI=1S/C17H35N3O/c1-4-15(3)19-9-11-20(12-10-19)16-7-6-8-17(13-16,14-21)18-5-2/h15-16,18,21H,4-14H2,1-3H3. The minimum atomic E-state index is -0.0223. The minimum Gasteiger partial charge on any atom is -0.394 e. The molecule has 0 aromatic carbocycles. The third-order valence-corrected chi connectivity index (χ3v) is 5.75. The Labute approximate surface area is 130 Å². The smallest absolute Gasteiger partial charge is 0.0613 e. The van der Waals surface area contributed by atoms with E-state index in [0.717, 1.165) is 25.4 Å². The average Bonchev–Trinajstić information content (AvgIpc) is 2.55. The molecule has 0 radical (unpaired) electrons. The lowest BCUT2D eigenvalue weighted by Gasteiger charge is -2.47. The Hall–Kier alpha value is -0.160. The average molecular weight is 297 g/mol. The molecule has 3 atom stereocenters. The first-order valence-electron chi connectivity index (χ1n) is 8.98. The number of aliphatic hydroxyl groups is 1. The summed E-state index contributed by atoms with van der Waals surface area (Å²) in [5, 5.41) is 13.4. The molecule has 0 amide bonds. The van der Waals surface area contributed by atoms with Crippen LogP contribution in [-0.2, 0) is 0 Å². The second-order valence-electron chi connectivity index (χ2n) is 7.05. The fourth-order valence-electron chi connectivity index (χ4n) is 4.18. The minimum absolute atomic E-state index is 0.0223. The van der Waals surface area contributed by atoms with Crippen LogP contribution in [-0.4, -0.2) is 71.9 Å². The maximum Gasteiger partial charge on any atom is 0.0613 e. The molecule has 1 aliphatic heterocycles. The fraction of sp³-hybridized carbons (Fsp3) is 1.00. The molecule has 2 aliphatic rings. The third kappa shape index (κ3) is 4.19. The Morgan fingerprint density at radius 1 is 1.24 bits per heavy atom. The van der Waals surface area contributed by atoms with Crippen LogP contribution in [0, 0.1) is 0 Å². The highest BCUT2D eigenvalue weighted by Gasteiger charge is 2.38. The monoisotopic (exact) mass is 297 g/mol. The number of piperazine rings is 1. The van der Waals surface area contributed by atoms with E-state index in [-0.39, 0.29) is 12.1 Å². The van der Waals surface area contributed by atoms with Gasteiger partial charge >= 0.3 is 0 Å². The number of nitrogens with one attached hydrogen (secondary N) is 1. The van der Waals surface area contributed by atoms with Gasteiger partial charge in [0.2, 0.25) is 0 Å². The fourth-order valence-corrected chi connectivity index (χ4v) is 4.18. The van der Waals surface area contributed by atoms with Crippen molar-refractivity contribution in [3.8, 4) is 0 Å². The summed E-state index contributed by atoms with van der Waals surface area (Å²) in [6.45, 7) is 12.8. The maximum atomic E-state index is 9.85. The lowest BCUT2D eigenvalue weighted by molar-refractivity contribution is 0.0242. The molecular weight excluding hydrogens is 262 g/mol. The van der Waals surface area contributed by atoms with Crippen LogP contribution in [0.2, 0.25) is 0 Å². The summed E-state index contributed by atoms with van der Waals surface area (Å²) in [4.78, 5) is 5.31. The maximum absolute atomic E-state index is 9.85. The summed E-state index contributed by atoms with van der Waals surface area (Å²) in [5.74, 6) is 0. The van der Waals surface area contributed by atoms with Crippen LogP contribution in [0.1, 0.15) is 52.9 Å². The van der Waals surface area contributed by atoms with Crippen molar-refractivity contribution in [2.24, 2.45) is 0 Å². The predicted octanol–water partition coefficient (Wildman–Crippen LogP) is 1.69. The van der Waals surface area contributed by atoms with Crippen LogP contribution in [0.4, 0.5) is 0 Å². The van der Waals surface area contributed by atoms with E-state index in [9.17, 15) is 5.11 Å². The molecule has 0 aromatic heterocycles. The topological polar surface area (TPSA) is 38.7 Å². The highest BCUT2D eigenvalue weighted by atomic mass is 16.3. The van der Waals surface area contributed by atoms with Gasteiger partial charge in [-0.25, -0.2) is 0 Å². The Bertz CT molecular complexity index is 300. The molecule has 2 fully saturated rings. The highest BCUT2D eigenvalue weighted by Crippen LogP contribution is 2.31. The van der Waals surface area contributed by atoms with Gasteiger partial charge in [0, 0.05) is 43.8 Å². The number of hydrogen-bond donors (Lipinski definition) is 2. The SMILES string of the molecule is CCNC1(CO)CCCC(N2CCN(C(C)CC)CC2)C1. The van der Waals surface area contributed by atoms with E-state index < -0.39 is 0 Å². The van der Waals surface area contributed by atoms with Crippen molar-refractivity contribution in [3.05, 3.63) is 0 Å². The van der Waals surface area contributed by atoms with E-state index in [1.165, 1.54) is 45.4 Å². The first-order valence-corrected chi connectivity index (χ1v) is 8.98. The zero-order chi connectivity index (χ0) is 15.3. The summed E-state index contributed by atoms with van der Waals surface area (Å²) in [6, 6.07) is 1.38. The molecular formula is C17H35N3O. The Balaban J connectivity index is 1.88. The normalized spacial score (nSPS) is 34.0. The number of hydrogen-bond acceptors (Lipinski definition) is 4. The van der Waals surface area contributed by atoms with Gasteiger partial charge in [-0.1, -0.05) is 13.8 Å². The molecule has 3 unspecified atom stereocenters. The summed E-state index contributed by atoms with van der Waals surface area (Å²) >= 11 is 0. The van der Waals surface area contributed by atoms with Crippen LogP contribution in [0.15, 0.2) is 0 Å². The second-order valence-corrected chi connectivity index (χ2v) is 7.05. The van der Waals surface area contributed by atoms with Crippen LogP contribution in [0.5, 0.6) is 0 Å². The Morgan fingerprint density at radius 2 is 1.95 bits per heavy atom. The van der Waals surface area contributed by atoms with Crippen LogP contribution < -0.4 is 5.32 Å². The molecule has 21 heavy (non-hydrogen) atoms. The second kappa shape index (κ2) is 7.91. The molecule has 0 bridgehead atoms. The lowest BCUT2D eigenvalue weighted by atomic mass is 9.78. The molecule has 1 heterocycles. The molecule has 0 spiro atoms. The van der Waals surface area contributed by atoms with Crippen LogP contribution in [0.3, 0.4) is 0 Å².